The van der Waals surface area contributed by atoms with Crippen molar-refractivity contribution < 1.29 is 9.13 Å². The third-order valence-corrected chi connectivity index (χ3v) is 4.14. The number of ether oxygens (including phenoxy) is 1. The summed E-state index contributed by atoms with van der Waals surface area (Å²) in [5, 5.41) is 1.03. The van der Waals surface area contributed by atoms with Crippen LogP contribution in [0.15, 0.2) is 24.8 Å². The molecule has 19 heavy (non-hydrogen) atoms. The summed E-state index contributed by atoms with van der Waals surface area (Å²) in [7, 11) is 0.606. The highest BCUT2D eigenvalue weighted by atomic mass is 31.1. The molecule has 0 saturated heterocycles. The standard InChI is InChI=1S/C16H20FOP/c1-4-5-14-13(11(2)19-3)8-9-15(17)16(14)18-10-12-6-7-12/h4-5,8-9,12,19H,2,6-7,10H2,1,3H3/b5-4-. The van der Waals surface area contributed by atoms with Crippen LogP contribution in [-0.2, 0) is 0 Å². The van der Waals surface area contributed by atoms with E-state index in [4.69, 9.17) is 4.74 Å². The van der Waals surface area contributed by atoms with E-state index in [0.29, 0.717) is 26.9 Å². The molecular formula is C16H20FOP. The third kappa shape index (κ3) is 3.45. The van der Waals surface area contributed by atoms with E-state index in [1.54, 1.807) is 6.07 Å². The van der Waals surface area contributed by atoms with Gasteiger partial charge in [0.15, 0.2) is 11.6 Å². The quantitative estimate of drug-likeness (QED) is 0.671. The van der Waals surface area contributed by atoms with Gasteiger partial charge in [-0.3, -0.25) is 0 Å². The summed E-state index contributed by atoms with van der Waals surface area (Å²) < 4.78 is 19.7. The van der Waals surface area contributed by atoms with E-state index in [1.807, 2.05) is 19.1 Å². The molecule has 0 spiro atoms. The van der Waals surface area contributed by atoms with E-state index >= 15 is 0 Å². The summed E-state index contributed by atoms with van der Waals surface area (Å²) in [6, 6.07) is 3.28. The number of benzene rings is 1. The maximum Gasteiger partial charge on any atom is 0.165 e. The molecule has 1 unspecified atom stereocenters. The molecule has 0 radical (unpaired) electrons. The van der Waals surface area contributed by atoms with Gasteiger partial charge in [0.2, 0.25) is 0 Å². The van der Waals surface area contributed by atoms with Crippen molar-refractivity contribution >= 4 is 20.0 Å². The predicted octanol–water partition coefficient (Wildman–Crippen LogP) is 4.93. The minimum absolute atomic E-state index is 0.287. The average molecular weight is 278 g/mol. The van der Waals surface area contributed by atoms with Gasteiger partial charge in [0.1, 0.15) is 0 Å². The lowest BCUT2D eigenvalue weighted by Gasteiger charge is -2.15. The van der Waals surface area contributed by atoms with E-state index in [0.717, 1.165) is 16.4 Å². The topological polar surface area (TPSA) is 9.23 Å². The average Bonchev–Trinajstić information content (AvgIpc) is 3.22. The van der Waals surface area contributed by atoms with E-state index in [9.17, 15) is 4.39 Å². The van der Waals surface area contributed by atoms with Gasteiger partial charge < -0.3 is 4.74 Å². The lowest BCUT2D eigenvalue weighted by atomic mass is 10.0. The molecule has 1 aromatic carbocycles. The first-order valence-electron chi connectivity index (χ1n) is 6.62. The van der Waals surface area contributed by atoms with E-state index in [2.05, 4.69) is 13.2 Å². The second-order valence-corrected chi connectivity index (χ2v) is 5.92. The van der Waals surface area contributed by atoms with E-state index in [-0.39, 0.29) is 5.82 Å². The Bertz CT molecular complexity index is 504. The number of allylic oxidation sites excluding steroid dienone is 1. The fourth-order valence-electron chi connectivity index (χ4n) is 1.94. The summed E-state index contributed by atoms with van der Waals surface area (Å²) >= 11 is 0. The molecule has 0 aromatic heterocycles. The Morgan fingerprint density at radius 2 is 2.26 bits per heavy atom. The van der Waals surface area contributed by atoms with Crippen molar-refractivity contribution in [1.29, 1.82) is 0 Å². The highest BCUT2D eigenvalue weighted by molar-refractivity contribution is 7.49. The van der Waals surface area contributed by atoms with Crippen LogP contribution in [0.2, 0.25) is 0 Å². The van der Waals surface area contributed by atoms with Gasteiger partial charge in [-0.15, -0.1) is 0 Å². The van der Waals surface area contributed by atoms with Crippen molar-refractivity contribution in [2.45, 2.75) is 19.8 Å². The summed E-state index contributed by atoms with van der Waals surface area (Å²) in [6.45, 7) is 8.69. The molecule has 1 atom stereocenters. The van der Waals surface area contributed by atoms with Gasteiger partial charge in [-0.05, 0) is 49.3 Å². The number of hydrogen-bond acceptors (Lipinski definition) is 1. The van der Waals surface area contributed by atoms with Gasteiger partial charge in [0, 0.05) is 5.56 Å². The van der Waals surface area contributed by atoms with Crippen LogP contribution in [0.1, 0.15) is 30.9 Å². The molecule has 3 heteroatoms. The lowest BCUT2D eigenvalue weighted by molar-refractivity contribution is 0.284. The molecule has 0 bridgehead atoms. The first-order valence-corrected chi connectivity index (χ1v) is 8.12. The Labute approximate surface area is 116 Å². The molecule has 1 saturated carbocycles. The Morgan fingerprint density at radius 1 is 1.53 bits per heavy atom. The molecule has 0 N–H and O–H groups in total. The molecule has 1 aliphatic rings. The van der Waals surface area contributed by atoms with E-state index in [1.165, 1.54) is 18.9 Å². The van der Waals surface area contributed by atoms with Crippen LogP contribution in [0.4, 0.5) is 4.39 Å². The Kier molecular flexibility index (Phi) is 4.76. The molecule has 1 aliphatic carbocycles. The molecule has 1 aromatic rings. The summed E-state index contributed by atoms with van der Waals surface area (Å²) in [4.78, 5) is 0. The SMILES string of the molecule is C=C(PC)c1ccc(F)c(OCC2CC2)c1/C=C\C. The van der Waals surface area contributed by atoms with Crippen LogP contribution in [0.25, 0.3) is 11.4 Å². The monoisotopic (exact) mass is 278 g/mol. The van der Waals surface area contributed by atoms with Crippen LogP contribution in [0, 0.1) is 11.7 Å². The van der Waals surface area contributed by atoms with Gasteiger partial charge in [0.05, 0.1) is 6.61 Å². The lowest BCUT2D eigenvalue weighted by Crippen LogP contribution is -2.04. The van der Waals surface area contributed by atoms with Gasteiger partial charge in [-0.1, -0.05) is 33.4 Å². The second-order valence-electron chi connectivity index (χ2n) is 4.82. The first kappa shape index (κ1) is 14.3. The Balaban J connectivity index is 2.38. The normalized spacial score (nSPS) is 15.5. The fraction of sp³-hybridized carbons (Fsp3) is 0.375. The van der Waals surface area contributed by atoms with Gasteiger partial charge in [-0.2, -0.15) is 0 Å². The minimum atomic E-state index is -0.287. The molecule has 2 rings (SSSR count). The third-order valence-electron chi connectivity index (χ3n) is 3.27. The predicted molar refractivity (Wildman–Crippen MR) is 82.6 cm³/mol. The van der Waals surface area contributed by atoms with Crippen molar-refractivity contribution in [2.24, 2.45) is 5.92 Å². The molecule has 102 valence electrons. The molecule has 1 fully saturated rings. The largest absolute Gasteiger partial charge is 0.490 e. The maximum atomic E-state index is 14.0. The summed E-state index contributed by atoms with van der Waals surface area (Å²) in [5.41, 5.74) is 1.81. The van der Waals surface area contributed by atoms with Crippen molar-refractivity contribution in [3.63, 3.8) is 0 Å². The van der Waals surface area contributed by atoms with Crippen LogP contribution >= 0.6 is 8.58 Å². The van der Waals surface area contributed by atoms with Crippen LogP contribution in [-0.4, -0.2) is 13.3 Å². The van der Waals surface area contributed by atoms with Crippen LogP contribution < -0.4 is 4.74 Å². The second kappa shape index (κ2) is 6.34. The zero-order chi connectivity index (χ0) is 13.8. The van der Waals surface area contributed by atoms with Crippen molar-refractivity contribution in [3.05, 3.63) is 41.7 Å². The Hall–Kier alpha value is -1.14. The number of halogens is 1. The first-order chi connectivity index (χ1) is 9.17. The van der Waals surface area contributed by atoms with Crippen LogP contribution in [0.5, 0.6) is 5.75 Å². The summed E-state index contributed by atoms with van der Waals surface area (Å²) in [5.74, 6) is 0.699. The smallest absolute Gasteiger partial charge is 0.165 e. The fourth-order valence-corrected chi connectivity index (χ4v) is 2.42. The van der Waals surface area contributed by atoms with Crippen molar-refractivity contribution in [1.82, 2.24) is 0 Å². The molecule has 0 heterocycles. The summed E-state index contributed by atoms with van der Waals surface area (Å²) in [6.07, 6.45) is 6.22. The van der Waals surface area contributed by atoms with Gasteiger partial charge in [-0.25, -0.2) is 4.39 Å². The minimum Gasteiger partial charge on any atom is -0.490 e. The zero-order valence-electron chi connectivity index (χ0n) is 11.5. The van der Waals surface area contributed by atoms with Gasteiger partial charge >= 0.3 is 0 Å². The highest BCUT2D eigenvalue weighted by Crippen LogP contribution is 2.38. The molecule has 0 aliphatic heterocycles. The van der Waals surface area contributed by atoms with Gasteiger partial charge in [0.25, 0.3) is 0 Å². The highest BCUT2D eigenvalue weighted by Gasteiger charge is 2.23. The molecular weight excluding hydrogens is 258 g/mol. The van der Waals surface area contributed by atoms with E-state index < -0.39 is 0 Å². The zero-order valence-corrected chi connectivity index (χ0v) is 12.5. The van der Waals surface area contributed by atoms with Crippen molar-refractivity contribution in [2.75, 3.05) is 13.3 Å². The maximum absolute atomic E-state index is 14.0. The number of hydrogen-bond donors (Lipinski definition) is 0. The number of rotatable bonds is 6. The van der Waals surface area contributed by atoms with Crippen molar-refractivity contribution in [3.8, 4) is 5.75 Å². The Morgan fingerprint density at radius 3 is 2.84 bits per heavy atom. The molecule has 1 nitrogen and oxygen atoms in total. The van der Waals surface area contributed by atoms with Crippen LogP contribution in [0.3, 0.4) is 0 Å². The molecule has 0 amide bonds.